The molecule has 1 heterocycles. The molecule has 5 nitrogen and oxygen atoms in total. The third kappa shape index (κ3) is 2.94. The summed E-state index contributed by atoms with van der Waals surface area (Å²) in [5.41, 5.74) is 0.871. The van der Waals surface area contributed by atoms with Crippen molar-refractivity contribution in [2.45, 2.75) is 13.0 Å². The minimum atomic E-state index is -0.628. The summed E-state index contributed by atoms with van der Waals surface area (Å²) >= 11 is 0. The summed E-state index contributed by atoms with van der Waals surface area (Å²) in [7, 11) is 0. The van der Waals surface area contributed by atoms with Gasteiger partial charge in [-0.1, -0.05) is 12.1 Å². The van der Waals surface area contributed by atoms with Crippen molar-refractivity contribution in [3.8, 4) is 11.5 Å². The van der Waals surface area contributed by atoms with Gasteiger partial charge in [0.15, 0.2) is 0 Å². The average molecular weight is 309 g/mol. The van der Waals surface area contributed by atoms with Crippen molar-refractivity contribution >= 4 is 16.7 Å². The molecule has 0 unspecified atom stereocenters. The minimum Gasteiger partial charge on any atom is -0.507 e. The Morgan fingerprint density at radius 2 is 1.83 bits per heavy atom. The molecule has 0 bridgehead atoms. The first kappa shape index (κ1) is 14.8. The summed E-state index contributed by atoms with van der Waals surface area (Å²) in [6.07, 6.45) is 2.77. The highest BCUT2D eigenvalue weighted by Crippen LogP contribution is 2.32. The van der Waals surface area contributed by atoms with Crippen LogP contribution in [0.1, 0.15) is 28.9 Å². The molecule has 1 atom stereocenters. The van der Waals surface area contributed by atoms with E-state index in [-0.39, 0.29) is 17.1 Å². The van der Waals surface area contributed by atoms with E-state index in [9.17, 15) is 15.0 Å². The molecule has 116 valence electrons. The lowest BCUT2D eigenvalue weighted by molar-refractivity contribution is 0.0334. The Labute approximate surface area is 132 Å². The van der Waals surface area contributed by atoms with Gasteiger partial charge in [0, 0.05) is 17.8 Å². The highest BCUT2D eigenvalue weighted by molar-refractivity contribution is 6.00. The molecule has 3 rings (SSSR count). The molecule has 0 amide bonds. The molecule has 2 N–H and O–H groups in total. The lowest BCUT2D eigenvalue weighted by atomic mass is 10.0. The van der Waals surface area contributed by atoms with Crippen LogP contribution in [-0.4, -0.2) is 21.2 Å². The van der Waals surface area contributed by atoms with Crippen molar-refractivity contribution in [2.24, 2.45) is 0 Å². The molecular formula is C18H15NO4. The minimum absolute atomic E-state index is 0.0443. The van der Waals surface area contributed by atoms with Crippen molar-refractivity contribution in [1.29, 1.82) is 0 Å². The zero-order valence-electron chi connectivity index (χ0n) is 12.4. The number of benzene rings is 2. The van der Waals surface area contributed by atoms with Crippen molar-refractivity contribution in [1.82, 2.24) is 4.98 Å². The first-order valence-electron chi connectivity index (χ1n) is 7.12. The number of carbonyl (C=O) groups excluding carboxylic acids is 1. The maximum Gasteiger partial charge on any atom is 0.342 e. The molecule has 0 saturated heterocycles. The van der Waals surface area contributed by atoms with Crippen molar-refractivity contribution < 1.29 is 19.7 Å². The third-order valence-electron chi connectivity index (χ3n) is 3.65. The van der Waals surface area contributed by atoms with Gasteiger partial charge in [0.25, 0.3) is 0 Å². The largest absolute Gasteiger partial charge is 0.507 e. The number of nitrogens with zero attached hydrogens (tertiary/aromatic N) is 1. The van der Waals surface area contributed by atoms with E-state index in [1.54, 1.807) is 43.6 Å². The Balaban J connectivity index is 1.90. The summed E-state index contributed by atoms with van der Waals surface area (Å²) in [4.78, 5) is 16.2. The molecular weight excluding hydrogens is 294 g/mol. The quantitative estimate of drug-likeness (QED) is 0.723. The van der Waals surface area contributed by atoms with Gasteiger partial charge in [0.1, 0.15) is 23.2 Å². The van der Waals surface area contributed by atoms with E-state index in [4.69, 9.17) is 4.74 Å². The van der Waals surface area contributed by atoms with Crippen LogP contribution in [0.4, 0.5) is 0 Å². The van der Waals surface area contributed by atoms with Gasteiger partial charge in [-0.25, -0.2) is 4.79 Å². The highest BCUT2D eigenvalue weighted by Gasteiger charge is 2.18. The van der Waals surface area contributed by atoms with Crippen molar-refractivity contribution in [2.75, 3.05) is 0 Å². The Morgan fingerprint density at radius 3 is 2.57 bits per heavy atom. The third-order valence-corrected chi connectivity index (χ3v) is 3.65. The molecule has 0 saturated carbocycles. The zero-order chi connectivity index (χ0) is 16.4. The van der Waals surface area contributed by atoms with E-state index in [2.05, 4.69) is 4.98 Å². The number of fused-ring (bicyclic) bond motifs is 1. The molecule has 0 aliphatic rings. The fourth-order valence-corrected chi connectivity index (χ4v) is 2.39. The summed E-state index contributed by atoms with van der Waals surface area (Å²) in [6, 6.07) is 11.3. The number of pyridine rings is 1. The summed E-state index contributed by atoms with van der Waals surface area (Å²) in [5, 5.41) is 21.0. The molecule has 0 radical (unpaired) electrons. The molecule has 0 aliphatic carbocycles. The fourth-order valence-electron chi connectivity index (χ4n) is 2.39. The van der Waals surface area contributed by atoms with Crippen LogP contribution in [0.25, 0.3) is 10.8 Å². The molecule has 0 aliphatic heterocycles. The SMILES string of the molecule is C[C@H](OC(=O)c1cc2cccc(O)c2cc1O)c1ccncc1. The number of aromatic nitrogens is 1. The van der Waals surface area contributed by atoms with E-state index in [0.29, 0.717) is 10.8 Å². The second-order valence-corrected chi connectivity index (χ2v) is 5.20. The van der Waals surface area contributed by atoms with Gasteiger partial charge in [-0.05, 0) is 48.2 Å². The van der Waals surface area contributed by atoms with E-state index >= 15 is 0 Å². The van der Waals surface area contributed by atoms with Crippen LogP contribution < -0.4 is 0 Å². The number of aromatic hydroxyl groups is 2. The first-order valence-corrected chi connectivity index (χ1v) is 7.12. The van der Waals surface area contributed by atoms with Crippen molar-refractivity contribution in [3.05, 3.63) is 66.0 Å². The summed E-state index contributed by atoms with van der Waals surface area (Å²) in [6.45, 7) is 1.75. The smallest absolute Gasteiger partial charge is 0.342 e. The second kappa shape index (κ2) is 5.96. The molecule has 0 spiro atoms. The number of phenolic OH excluding ortho intramolecular Hbond substituents is 2. The van der Waals surface area contributed by atoms with Gasteiger partial charge in [-0.15, -0.1) is 0 Å². The Hall–Kier alpha value is -3.08. The van der Waals surface area contributed by atoms with Crippen LogP contribution in [0.2, 0.25) is 0 Å². The maximum atomic E-state index is 12.3. The normalized spacial score (nSPS) is 12.0. The van der Waals surface area contributed by atoms with Crippen LogP contribution >= 0.6 is 0 Å². The monoisotopic (exact) mass is 309 g/mol. The van der Waals surface area contributed by atoms with Gasteiger partial charge in [0.2, 0.25) is 0 Å². The predicted molar refractivity (Wildman–Crippen MR) is 85.3 cm³/mol. The number of hydrogen-bond donors (Lipinski definition) is 2. The van der Waals surface area contributed by atoms with Crippen LogP contribution in [0.5, 0.6) is 11.5 Å². The van der Waals surface area contributed by atoms with E-state index < -0.39 is 12.1 Å². The van der Waals surface area contributed by atoms with Gasteiger partial charge >= 0.3 is 5.97 Å². The maximum absolute atomic E-state index is 12.3. The van der Waals surface area contributed by atoms with Gasteiger partial charge in [-0.2, -0.15) is 0 Å². The molecule has 5 heteroatoms. The van der Waals surface area contributed by atoms with Gasteiger partial charge in [-0.3, -0.25) is 4.98 Å². The zero-order valence-corrected chi connectivity index (χ0v) is 12.4. The Bertz CT molecular complexity index is 862. The molecule has 2 aromatic carbocycles. The summed E-state index contributed by atoms with van der Waals surface area (Å²) < 4.78 is 5.39. The molecule has 23 heavy (non-hydrogen) atoms. The predicted octanol–water partition coefficient (Wildman–Crippen LogP) is 3.56. The second-order valence-electron chi connectivity index (χ2n) is 5.20. The van der Waals surface area contributed by atoms with E-state index in [1.807, 2.05) is 0 Å². The number of hydrogen-bond acceptors (Lipinski definition) is 5. The lowest BCUT2D eigenvalue weighted by Crippen LogP contribution is -2.09. The number of esters is 1. The molecule has 1 aromatic heterocycles. The van der Waals surface area contributed by atoms with E-state index in [1.165, 1.54) is 18.2 Å². The van der Waals surface area contributed by atoms with Crippen LogP contribution in [0.3, 0.4) is 0 Å². The molecule has 0 fully saturated rings. The molecule has 3 aromatic rings. The number of rotatable bonds is 3. The first-order chi connectivity index (χ1) is 11.1. The Morgan fingerprint density at radius 1 is 1.09 bits per heavy atom. The topological polar surface area (TPSA) is 79.7 Å². The van der Waals surface area contributed by atoms with Gasteiger partial charge < -0.3 is 14.9 Å². The summed E-state index contributed by atoms with van der Waals surface area (Å²) in [5.74, 6) is -0.814. The van der Waals surface area contributed by atoms with Crippen molar-refractivity contribution in [3.63, 3.8) is 0 Å². The van der Waals surface area contributed by atoms with E-state index in [0.717, 1.165) is 5.56 Å². The average Bonchev–Trinajstić information content (AvgIpc) is 2.56. The Kier molecular flexibility index (Phi) is 3.85. The standard InChI is InChI=1S/C18H15NO4/c1-11(12-5-7-19-8-6-12)23-18(22)15-9-13-3-2-4-16(20)14(13)10-17(15)21/h2-11,20-21H,1H3/t11-/m0/s1. The highest BCUT2D eigenvalue weighted by atomic mass is 16.5. The van der Waals surface area contributed by atoms with Gasteiger partial charge in [0.05, 0.1) is 0 Å². The number of phenols is 2. The van der Waals surface area contributed by atoms with Crippen LogP contribution in [-0.2, 0) is 4.74 Å². The van der Waals surface area contributed by atoms with Crippen LogP contribution in [0, 0.1) is 0 Å². The lowest BCUT2D eigenvalue weighted by Gasteiger charge is -2.14. The fraction of sp³-hybridized carbons (Fsp3) is 0.111. The number of ether oxygens (including phenoxy) is 1. The number of carbonyl (C=O) groups is 1. The van der Waals surface area contributed by atoms with Crippen LogP contribution in [0.15, 0.2) is 54.9 Å².